The Morgan fingerprint density at radius 1 is 1.39 bits per heavy atom. The molecule has 1 aromatic rings. The summed E-state index contributed by atoms with van der Waals surface area (Å²) in [6.45, 7) is 0.0398. The number of imide groups is 1. The zero-order valence-corrected chi connectivity index (χ0v) is 10.1. The first kappa shape index (κ1) is 12.6. The number of carbonyl (C=O) groups is 2. The number of hydrogen-bond donors (Lipinski definition) is 1. The van der Waals surface area contributed by atoms with Gasteiger partial charge in [-0.05, 0) is 24.3 Å². The molecule has 1 fully saturated rings. The number of amides is 2. The molecule has 1 saturated heterocycles. The van der Waals surface area contributed by atoms with Gasteiger partial charge in [0.25, 0.3) is 5.91 Å². The second-order valence-corrected chi connectivity index (χ2v) is 4.28. The van der Waals surface area contributed by atoms with Gasteiger partial charge in [0, 0.05) is 5.02 Å². The molecule has 1 aliphatic heterocycles. The molecule has 0 aliphatic carbocycles. The Balaban J connectivity index is 2.19. The van der Waals surface area contributed by atoms with E-state index in [-0.39, 0.29) is 24.8 Å². The van der Waals surface area contributed by atoms with Gasteiger partial charge in [-0.2, -0.15) is 5.26 Å². The summed E-state index contributed by atoms with van der Waals surface area (Å²) in [5.41, 5.74) is 0.496. The smallest absolute Gasteiger partial charge is 0.251 e. The van der Waals surface area contributed by atoms with E-state index < -0.39 is 6.04 Å². The molecule has 1 aliphatic rings. The first-order valence-corrected chi connectivity index (χ1v) is 5.74. The van der Waals surface area contributed by atoms with Gasteiger partial charge in [-0.1, -0.05) is 11.6 Å². The van der Waals surface area contributed by atoms with E-state index in [1.165, 1.54) is 0 Å². The molecule has 1 heterocycles. The van der Waals surface area contributed by atoms with Crippen molar-refractivity contribution in [2.24, 2.45) is 0 Å². The van der Waals surface area contributed by atoms with E-state index in [1.54, 1.807) is 24.3 Å². The highest BCUT2D eigenvalue weighted by Gasteiger charge is 2.39. The number of hydrogen-bond acceptors (Lipinski definition) is 4. The molecular weight excluding hydrogens is 254 g/mol. The summed E-state index contributed by atoms with van der Waals surface area (Å²) in [6.07, 6.45) is 0.0726. The van der Waals surface area contributed by atoms with E-state index in [0.29, 0.717) is 10.7 Å². The van der Waals surface area contributed by atoms with Crippen LogP contribution in [0.1, 0.15) is 6.42 Å². The minimum atomic E-state index is -0.618. The molecule has 92 valence electrons. The average molecular weight is 264 g/mol. The Kier molecular flexibility index (Phi) is 3.60. The van der Waals surface area contributed by atoms with Crippen LogP contribution in [0.4, 0.5) is 5.69 Å². The molecule has 0 saturated carbocycles. The van der Waals surface area contributed by atoms with Crippen LogP contribution in [0.25, 0.3) is 0 Å². The van der Waals surface area contributed by atoms with Crippen molar-refractivity contribution in [2.75, 3.05) is 11.4 Å². The summed E-state index contributed by atoms with van der Waals surface area (Å²) < 4.78 is 0. The van der Waals surface area contributed by atoms with Crippen molar-refractivity contribution in [3.63, 3.8) is 0 Å². The van der Waals surface area contributed by atoms with Gasteiger partial charge in [0.1, 0.15) is 0 Å². The Morgan fingerprint density at radius 2 is 2.06 bits per heavy atom. The van der Waals surface area contributed by atoms with Crippen molar-refractivity contribution in [1.29, 1.82) is 5.26 Å². The number of anilines is 1. The largest absolute Gasteiger partial charge is 0.293 e. The fourth-order valence-corrected chi connectivity index (χ4v) is 1.95. The number of nitrogens with one attached hydrogen (secondary N) is 1. The fourth-order valence-electron chi connectivity index (χ4n) is 1.82. The molecule has 1 N–H and O–H groups in total. The summed E-state index contributed by atoms with van der Waals surface area (Å²) in [5, 5.41) is 11.7. The first-order valence-electron chi connectivity index (χ1n) is 5.36. The molecular formula is C12H10ClN3O2. The second kappa shape index (κ2) is 5.17. The van der Waals surface area contributed by atoms with Gasteiger partial charge in [0.15, 0.2) is 0 Å². The van der Waals surface area contributed by atoms with E-state index in [0.717, 1.165) is 4.90 Å². The molecule has 0 bridgehead atoms. The van der Waals surface area contributed by atoms with E-state index in [4.69, 9.17) is 16.9 Å². The number of nitriles is 1. The minimum absolute atomic E-state index is 0.0398. The van der Waals surface area contributed by atoms with Crippen LogP contribution in [-0.2, 0) is 9.59 Å². The fraction of sp³-hybridized carbons (Fsp3) is 0.250. The quantitative estimate of drug-likeness (QED) is 0.654. The van der Waals surface area contributed by atoms with Crippen molar-refractivity contribution in [3.05, 3.63) is 29.3 Å². The summed E-state index contributed by atoms with van der Waals surface area (Å²) in [5.74, 6) is -0.615. The SMILES string of the molecule is N#CCN[C@H]1CC(=O)N(c2ccc(Cl)cc2)C1=O. The average Bonchev–Trinajstić information content (AvgIpc) is 2.63. The molecule has 0 unspecified atom stereocenters. The van der Waals surface area contributed by atoms with Gasteiger partial charge in [0.2, 0.25) is 5.91 Å². The summed E-state index contributed by atoms with van der Waals surface area (Å²) >= 11 is 5.75. The Bertz CT molecular complexity index is 521. The maximum atomic E-state index is 12.0. The third-order valence-corrected chi connectivity index (χ3v) is 2.91. The third kappa shape index (κ3) is 2.35. The Morgan fingerprint density at radius 3 is 2.67 bits per heavy atom. The zero-order chi connectivity index (χ0) is 13.1. The molecule has 5 nitrogen and oxygen atoms in total. The maximum Gasteiger partial charge on any atom is 0.251 e. The molecule has 18 heavy (non-hydrogen) atoms. The molecule has 1 aromatic carbocycles. The monoisotopic (exact) mass is 263 g/mol. The topological polar surface area (TPSA) is 73.2 Å². The van der Waals surface area contributed by atoms with Crippen molar-refractivity contribution in [3.8, 4) is 6.07 Å². The highest BCUT2D eigenvalue weighted by molar-refractivity contribution is 6.30. The molecule has 0 spiro atoms. The van der Waals surface area contributed by atoms with E-state index >= 15 is 0 Å². The molecule has 0 aromatic heterocycles. The molecule has 0 radical (unpaired) electrons. The number of benzene rings is 1. The normalized spacial score (nSPS) is 19.1. The zero-order valence-electron chi connectivity index (χ0n) is 9.39. The van der Waals surface area contributed by atoms with E-state index in [2.05, 4.69) is 5.32 Å². The van der Waals surface area contributed by atoms with Crippen LogP contribution in [0.15, 0.2) is 24.3 Å². The van der Waals surface area contributed by atoms with Gasteiger partial charge < -0.3 is 0 Å². The van der Waals surface area contributed by atoms with Crippen LogP contribution in [0.3, 0.4) is 0 Å². The van der Waals surface area contributed by atoms with E-state index in [1.807, 2.05) is 6.07 Å². The summed E-state index contributed by atoms with van der Waals surface area (Å²) in [6, 6.07) is 7.73. The molecule has 2 rings (SSSR count). The van der Waals surface area contributed by atoms with Crippen molar-refractivity contribution in [2.45, 2.75) is 12.5 Å². The van der Waals surface area contributed by atoms with Gasteiger partial charge in [-0.3, -0.25) is 14.9 Å². The van der Waals surface area contributed by atoms with Gasteiger partial charge in [-0.15, -0.1) is 0 Å². The second-order valence-electron chi connectivity index (χ2n) is 3.84. The number of carbonyl (C=O) groups excluding carboxylic acids is 2. The summed E-state index contributed by atoms with van der Waals surface area (Å²) in [4.78, 5) is 24.9. The number of rotatable bonds is 3. The standard InChI is InChI=1S/C12H10ClN3O2/c13-8-1-3-9(4-2-8)16-11(17)7-10(12(16)18)15-6-5-14/h1-4,10,15H,6-7H2/t10-/m0/s1. The highest BCUT2D eigenvalue weighted by Crippen LogP contribution is 2.24. The van der Waals surface area contributed by atoms with Crippen LogP contribution in [0, 0.1) is 11.3 Å². The van der Waals surface area contributed by atoms with E-state index in [9.17, 15) is 9.59 Å². The van der Waals surface area contributed by atoms with Crippen LogP contribution in [-0.4, -0.2) is 24.4 Å². The van der Waals surface area contributed by atoms with Crippen LogP contribution >= 0.6 is 11.6 Å². The lowest BCUT2D eigenvalue weighted by atomic mass is 10.2. The number of nitrogens with zero attached hydrogens (tertiary/aromatic N) is 2. The predicted octanol–water partition coefficient (Wildman–Crippen LogP) is 1.09. The molecule has 1 atom stereocenters. The van der Waals surface area contributed by atoms with Crippen molar-refractivity contribution in [1.82, 2.24) is 5.32 Å². The lowest BCUT2D eigenvalue weighted by Crippen LogP contribution is -2.38. The van der Waals surface area contributed by atoms with Crippen LogP contribution < -0.4 is 10.2 Å². The van der Waals surface area contributed by atoms with Gasteiger partial charge >= 0.3 is 0 Å². The highest BCUT2D eigenvalue weighted by atomic mass is 35.5. The predicted molar refractivity (Wildman–Crippen MR) is 66.0 cm³/mol. The van der Waals surface area contributed by atoms with Crippen molar-refractivity contribution < 1.29 is 9.59 Å². The molecule has 2 amide bonds. The summed E-state index contributed by atoms with van der Waals surface area (Å²) in [7, 11) is 0. The maximum absolute atomic E-state index is 12.0. The third-order valence-electron chi connectivity index (χ3n) is 2.66. The van der Waals surface area contributed by atoms with Crippen LogP contribution in [0.2, 0.25) is 5.02 Å². The van der Waals surface area contributed by atoms with Crippen molar-refractivity contribution >= 4 is 29.1 Å². The lowest BCUT2D eigenvalue weighted by molar-refractivity contribution is -0.121. The number of halogens is 1. The van der Waals surface area contributed by atoms with Crippen LogP contribution in [0.5, 0.6) is 0 Å². The Hall–Kier alpha value is -1.90. The Labute approximate surface area is 109 Å². The minimum Gasteiger partial charge on any atom is -0.293 e. The van der Waals surface area contributed by atoms with Gasteiger partial charge in [-0.25, -0.2) is 4.90 Å². The lowest BCUT2D eigenvalue weighted by Gasteiger charge is -2.14. The van der Waals surface area contributed by atoms with Gasteiger partial charge in [0.05, 0.1) is 30.8 Å². The molecule has 6 heteroatoms. The first-order chi connectivity index (χ1) is 8.63.